The molecule has 6 heteroatoms. The number of nitrogens with zero attached hydrogens (tertiary/aromatic N) is 1. The monoisotopic (exact) mass is 470 g/mol. The molecule has 150 valence electrons. The van der Waals surface area contributed by atoms with E-state index in [1.807, 2.05) is 54.6 Å². The van der Waals surface area contributed by atoms with Crippen molar-refractivity contribution in [2.24, 2.45) is 0 Å². The smallest absolute Gasteiger partial charge is 0.174 e. The largest absolute Gasteiger partial charge is 0.497 e. The molecule has 0 aromatic heterocycles. The van der Waals surface area contributed by atoms with E-state index in [1.54, 1.807) is 14.2 Å². The SMILES string of the molecule is COc1ccc(CN(Cc2cccc(OC)c2)C(=S)Nc2ccc(Br)cc2)cc1. The summed E-state index contributed by atoms with van der Waals surface area (Å²) >= 11 is 9.21. The third-order valence-corrected chi connectivity index (χ3v) is 5.31. The molecule has 4 nitrogen and oxygen atoms in total. The van der Waals surface area contributed by atoms with Gasteiger partial charge >= 0.3 is 0 Å². The maximum Gasteiger partial charge on any atom is 0.174 e. The van der Waals surface area contributed by atoms with Crippen LogP contribution < -0.4 is 14.8 Å². The van der Waals surface area contributed by atoms with Crippen LogP contribution in [0.2, 0.25) is 0 Å². The Balaban J connectivity index is 1.80. The Labute approximate surface area is 185 Å². The lowest BCUT2D eigenvalue weighted by Gasteiger charge is -2.26. The molecule has 0 aliphatic heterocycles. The number of hydrogen-bond donors (Lipinski definition) is 1. The maximum atomic E-state index is 5.75. The van der Waals surface area contributed by atoms with Gasteiger partial charge in [-0.1, -0.05) is 40.2 Å². The van der Waals surface area contributed by atoms with Crippen molar-refractivity contribution < 1.29 is 9.47 Å². The second kappa shape index (κ2) is 10.3. The summed E-state index contributed by atoms with van der Waals surface area (Å²) in [5, 5.41) is 4.00. The van der Waals surface area contributed by atoms with Crippen LogP contribution >= 0.6 is 28.1 Å². The van der Waals surface area contributed by atoms with E-state index in [1.165, 1.54) is 0 Å². The molecule has 0 radical (unpaired) electrons. The lowest BCUT2D eigenvalue weighted by Crippen LogP contribution is -2.33. The first kappa shape index (κ1) is 21.1. The van der Waals surface area contributed by atoms with Gasteiger partial charge in [-0.25, -0.2) is 0 Å². The lowest BCUT2D eigenvalue weighted by molar-refractivity contribution is 0.400. The molecular formula is C23H23BrN2O2S. The van der Waals surface area contributed by atoms with Gasteiger partial charge in [0.1, 0.15) is 11.5 Å². The number of halogens is 1. The number of hydrogen-bond acceptors (Lipinski definition) is 3. The molecule has 0 saturated carbocycles. The van der Waals surface area contributed by atoms with E-state index >= 15 is 0 Å². The molecule has 0 amide bonds. The van der Waals surface area contributed by atoms with E-state index in [2.05, 4.69) is 44.3 Å². The predicted molar refractivity (Wildman–Crippen MR) is 126 cm³/mol. The summed E-state index contributed by atoms with van der Waals surface area (Å²) in [5.74, 6) is 1.67. The molecule has 0 spiro atoms. The molecule has 0 fully saturated rings. The highest BCUT2D eigenvalue weighted by molar-refractivity contribution is 9.10. The van der Waals surface area contributed by atoms with Gasteiger partial charge in [0.15, 0.2) is 5.11 Å². The van der Waals surface area contributed by atoms with E-state index in [0.29, 0.717) is 18.2 Å². The van der Waals surface area contributed by atoms with Crippen LogP contribution in [-0.2, 0) is 13.1 Å². The average Bonchev–Trinajstić information content (AvgIpc) is 2.75. The first-order valence-electron chi connectivity index (χ1n) is 9.15. The Bertz CT molecular complexity index is 946. The molecule has 0 atom stereocenters. The molecule has 3 rings (SSSR count). The third kappa shape index (κ3) is 6.21. The minimum Gasteiger partial charge on any atom is -0.497 e. The van der Waals surface area contributed by atoms with Crippen LogP contribution in [0.25, 0.3) is 0 Å². The van der Waals surface area contributed by atoms with E-state index in [0.717, 1.165) is 32.8 Å². The molecule has 0 unspecified atom stereocenters. The van der Waals surface area contributed by atoms with Gasteiger partial charge in [0.05, 0.1) is 14.2 Å². The van der Waals surface area contributed by atoms with Gasteiger partial charge in [-0.2, -0.15) is 0 Å². The molecule has 0 heterocycles. The van der Waals surface area contributed by atoms with Crippen LogP contribution in [0.1, 0.15) is 11.1 Å². The minimum atomic E-state index is 0.658. The van der Waals surface area contributed by atoms with Gasteiger partial charge < -0.3 is 19.7 Å². The third-order valence-electron chi connectivity index (χ3n) is 4.42. The van der Waals surface area contributed by atoms with Crippen molar-refractivity contribution in [3.8, 4) is 11.5 Å². The van der Waals surface area contributed by atoms with E-state index < -0.39 is 0 Å². The first-order valence-corrected chi connectivity index (χ1v) is 10.3. The van der Waals surface area contributed by atoms with Gasteiger partial charge in [0.25, 0.3) is 0 Å². The summed E-state index contributed by atoms with van der Waals surface area (Å²) in [6, 6.07) is 24.0. The Hall–Kier alpha value is -2.57. The molecule has 0 aliphatic carbocycles. The zero-order valence-electron chi connectivity index (χ0n) is 16.4. The Morgan fingerprint density at radius 2 is 1.52 bits per heavy atom. The zero-order valence-corrected chi connectivity index (χ0v) is 18.8. The highest BCUT2D eigenvalue weighted by atomic mass is 79.9. The Morgan fingerprint density at radius 1 is 0.862 bits per heavy atom. The number of nitrogens with one attached hydrogen (secondary N) is 1. The molecular weight excluding hydrogens is 448 g/mol. The van der Waals surface area contributed by atoms with Crippen LogP contribution in [-0.4, -0.2) is 24.2 Å². The summed E-state index contributed by atoms with van der Waals surface area (Å²) in [5.41, 5.74) is 3.22. The molecule has 3 aromatic carbocycles. The maximum absolute atomic E-state index is 5.75. The summed E-state index contributed by atoms with van der Waals surface area (Å²) in [4.78, 5) is 2.13. The fraction of sp³-hybridized carbons (Fsp3) is 0.174. The quantitative estimate of drug-likeness (QED) is 0.437. The second-order valence-electron chi connectivity index (χ2n) is 6.49. The summed E-state index contributed by atoms with van der Waals surface area (Å²) in [7, 11) is 3.34. The summed E-state index contributed by atoms with van der Waals surface area (Å²) < 4.78 is 11.7. The highest BCUT2D eigenvalue weighted by Crippen LogP contribution is 2.20. The van der Waals surface area contributed by atoms with Crippen molar-refractivity contribution in [3.05, 3.63) is 88.4 Å². The standard InChI is InChI=1S/C23H23BrN2O2S/c1-27-21-12-6-17(7-13-21)15-26(16-18-4-3-5-22(14-18)28-2)23(29)25-20-10-8-19(24)9-11-20/h3-14H,15-16H2,1-2H3,(H,25,29). The van der Waals surface area contributed by atoms with Gasteiger partial charge in [-0.05, 0) is 71.9 Å². The second-order valence-corrected chi connectivity index (χ2v) is 7.80. The van der Waals surface area contributed by atoms with Crippen LogP contribution in [0.3, 0.4) is 0 Å². The fourth-order valence-corrected chi connectivity index (χ4v) is 3.39. The van der Waals surface area contributed by atoms with Crippen molar-refractivity contribution in [3.63, 3.8) is 0 Å². The lowest BCUT2D eigenvalue weighted by atomic mass is 10.1. The predicted octanol–water partition coefficient (Wildman–Crippen LogP) is 5.87. The molecule has 0 saturated heterocycles. The van der Waals surface area contributed by atoms with E-state index in [-0.39, 0.29) is 0 Å². The van der Waals surface area contributed by atoms with Crippen molar-refractivity contribution in [2.75, 3.05) is 19.5 Å². The number of rotatable bonds is 7. The van der Waals surface area contributed by atoms with Gasteiger partial charge in [0, 0.05) is 23.2 Å². The molecule has 1 N–H and O–H groups in total. The molecule has 29 heavy (non-hydrogen) atoms. The van der Waals surface area contributed by atoms with Gasteiger partial charge in [-0.15, -0.1) is 0 Å². The zero-order chi connectivity index (χ0) is 20.6. The van der Waals surface area contributed by atoms with Crippen LogP contribution in [0.5, 0.6) is 11.5 Å². The number of anilines is 1. The molecule has 0 bridgehead atoms. The number of benzene rings is 3. The van der Waals surface area contributed by atoms with Crippen molar-refractivity contribution >= 4 is 38.9 Å². The minimum absolute atomic E-state index is 0.658. The van der Waals surface area contributed by atoms with Crippen LogP contribution in [0.4, 0.5) is 5.69 Å². The molecule has 0 aliphatic rings. The number of thiocarbonyl (C=S) groups is 1. The summed E-state index contributed by atoms with van der Waals surface area (Å²) in [6.45, 7) is 1.33. The van der Waals surface area contributed by atoms with Gasteiger partial charge in [-0.3, -0.25) is 0 Å². The number of ether oxygens (including phenoxy) is 2. The normalized spacial score (nSPS) is 10.3. The fourth-order valence-electron chi connectivity index (χ4n) is 2.88. The van der Waals surface area contributed by atoms with Crippen LogP contribution in [0, 0.1) is 0 Å². The average molecular weight is 471 g/mol. The molecule has 3 aromatic rings. The highest BCUT2D eigenvalue weighted by Gasteiger charge is 2.13. The van der Waals surface area contributed by atoms with Gasteiger partial charge in [0.2, 0.25) is 0 Å². The van der Waals surface area contributed by atoms with Crippen molar-refractivity contribution in [1.82, 2.24) is 4.90 Å². The van der Waals surface area contributed by atoms with E-state index in [9.17, 15) is 0 Å². The van der Waals surface area contributed by atoms with Crippen molar-refractivity contribution in [1.29, 1.82) is 0 Å². The first-order chi connectivity index (χ1) is 14.1. The van der Waals surface area contributed by atoms with E-state index in [4.69, 9.17) is 21.7 Å². The number of methoxy groups -OCH3 is 2. The van der Waals surface area contributed by atoms with Crippen molar-refractivity contribution in [2.45, 2.75) is 13.1 Å². The van der Waals surface area contributed by atoms with Crippen LogP contribution in [0.15, 0.2) is 77.3 Å². The topological polar surface area (TPSA) is 33.7 Å². The Morgan fingerprint density at radius 3 is 2.17 bits per heavy atom. The summed E-state index contributed by atoms with van der Waals surface area (Å²) in [6.07, 6.45) is 0. The Kier molecular flexibility index (Phi) is 7.49.